The van der Waals surface area contributed by atoms with Gasteiger partial charge in [0, 0.05) is 25.7 Å². The third-order valence-corrected chi connectivity index (χ3v) is 4.37. The van der Waals surface area contributed by atoms with Crippen LogP contribution in [0.2, 0.25) is 0 Å². The fraction of sp³-hybridized carbons (Fsp3) is 1.00. The average molecular weight is 270 g/mol. The first kappa shape index (κ1) is 15.2. The second kappa shape index (κ2) is 8.20. The number of nitrogens with zero attached hydrogens (tertiary/aromatic N) is 2. The quantitative estimate of drug-likeness (QED) is 0.790. The van der Waals surface area contributed by atoms with Crippen LogP contribution in [0.15, 0.2) is 0 Å². The largest absolute Gasteiger partial charge is 0.389 e. The predicted molar refractivity (Wildman–Crippen MR) is 77.4 cm³/mol. The van der Waals surface area contributed by atoms with E-state index in [0.29, 0.717) is 19.3 Å². The van der Waals surface area contributed by atoms with E-state index in [1.165, 1.54) is 45.2 Å². The monoisotopic (exact) mass is 270 g/mol. The minimum atomic E-state index is -0.333. The highest BCUT2D eigenvalue weighted by molar-refractivity contribution is 4.83. The van der Waals surface area contributed by atoms with Crippen LogP contribution in [0, 0.1) is 0 Å². The minimum absolute atomic E-state index is 0.333. The fourth-order valence-electron chi connectivity index (χ4n) is 3.38. The second-order valence-electron chi connectivity index (χ2n) is 5.97. The zero-order valence-electron chi connectivity index (χ0n) is 12.4. The number of aliphatic hydroxyl groups excluding tert-OH is 1. The Labute approximate surface area is 117 Å². The molecule has 2 aliphatic heterocycles. The molecule has 0 amide bonds. The van der Waals surface area contributed by atoms with Crippen LogP contribution in [-0.4, -0.2) is 73.0 Å². The maximum atomic E-state index is 9.95. The number of β-amino-alcohol motifs (C(OH)–C–C–N with tert-alkyl or cyclic N) is 1. The standard InChI is InChI=1S/C15H30N2O2/c1-2-19-13-15(18)12-16-8-6-7-14(11-16)17-9-4-3-5-10-17/h14-15,18H,2-13H2,1H3/t14-,15+/m1/s1. The molecule has 0 saturated carbocycles. The molecular formula is C15H30N2O2. The Morgan fingerprint density at radius 1 is 1.16 bits per heavy atom. The van der Waals surface area contributed by atoms with Crippen molar-refractivity contribution in [1.29, 1.82) is 0 Å². The van der Waals surface area contributed by atoms with Crippen molar-refractivity contribution in [2.75, 3.05) is 45.9 Å². The van der Waals surface area contributed by atoms with Crippen molar-refractivity contribution in [3.8, 4) is 0 Å². The number of aliphatic hydroxyl groups is 1. The van der Waals surface area contributed by atoms with Gasteiger partial charge in [0.25, 0.3) is 0 Å². The Morgan fingerprint density at radius 2 is 1.95 bits per heavy atom. The zero-order valence-corrected chi connectivity index (χ0v) is 12.4. The molecule has 2 rings (SSSR count). The molecule has 2 atom stereocenters. The van der Waals surface area contributed by atoms with Gasteiger partial charge in [0.15, 0.2) is 0 Å². The van der Waals surface area contributed by atoms with Crippen LogP contribution < -0.4 is 0 Å². The van der Waals surface area contributed by atoms with Gasteiger partial charge in [-0.15, -0.1) is 0 Å². The smallest absolute Gasteiger partial charge is 0.0900 e. The summed E-state index contributed by atoms with van der Waals surface area (Å²) in [5.74, 6) is 0. The highest BCUT2D eigenvalue weighted by Crippen LogP contribution is 2.20. The number of rotatable bonds is 6. The normalized spacial score (nSPS) is 28.4. The van der Waals surface area contributed by atoms with Crippen LogP contribution >= 0.6 is 0 Å². The summed E-state index contributed by atoms with van der Waals surface area (Å²) in [5.41, 5.74) is 0. The lowest BCUT2D eigenvalue weighted by atomic mass is 10.0. The first-order chi connectivity index (χ1) is 9.29. The Balaban J connectivity index is 1.73. The van der Waals surface area contributed by atoms with E-state index in [0.717, 1.165) is 19.6 Å². The molecule has 0 spiro atoms. The second-order valence-corrected chi connectivity index (χ2v) is 5.97. The van der Waals surface area contributed by atoms with Gasteiger partial charge in [0.1, 0.15) is 0 Å². The topological polar surface area (TPSA) is 35.9 Å². The third-order valence-electron chi connectivity index (χ3n) is 4.37. The van der Waals surface area contributed by atoms with Gasteiger partial charge >= 0.3 is 0 Å². The average Bonchev–Trinajstić information content (AvgIpc) is 2.46. The highest BCUT2D eigenvalue weighted by atomic mass is 16.5. The number of likely N-dealkylation sites (tertiary alicyclic amines) is 2. The SMILES string of the molecule is CCOC[C@@H](O)CN1CCC[C@@H](N2CCCCC2)C1. The van der Waals surface area contributed by atoms with E-state index in [9.17, 15) is 5.11 Å². The molecular weight excluding hydrogens is 240 g/mol. The minimum Gasteiger partial charge on any atom is -0.389 e. The molecule has 2 aliphatic rings. The van der Waals surface area contributed by atoms with Crippen LogP contribution in [0.5, 0.6) is 0 Å². The number of ether oxygens (including phenoxy) is 1. The van der Waals surface area contributed by atoms with Gasteiger partial charge in [-0.05, 0) is 52.2 Å². The summed E-state index contributed by atoms with van der Waals surface area (Å²) in [6, 6.07) is 0.716. The maximum Gasteiger partial charge on any atom is 0.0900 e. The molecule has 0 bridgehead atoms. The Kier molecular flexibility index (Phi) is 6.57. The molecule has 0 aromatic heterocycles. The molecule has 0 aromatic carbocycles. The van der Waals surface area contributed by atoms with E-state index in [2.05, 4.69) is 9.80 Å². The third kappa shape index (κ3) is 5.03. The van der Waals surface area contributed by atoms with E-state index in [1.54, 1.807) is 0 Å². The summed E-state index contributed by atoms with van der Waals surface area (Å²) in [6.07, 6.45) is 6.40. The molecule has 2 saturated heterocycles. The Morgan fingerprint density at radius 3 is 2.68 bits per heavy atom. The van der Waals surface area contributed by atoms with Crippen molar-refractivity contribution in [3.05, 3.63) is 0 Å². The molecule has 2 heterocycles. The van der Waals surface area contributed by atoms with Gasteiger partial charge in [-0.25, -0.2) is 0 Å². The van der Waals surface area contributed by atoms with E-state index >= 15 is 0 Å². The van der Waals surface area contributed by atoms with Gasteiger partial charge in [-0.3, -0.25) is 9.80 Å². The lowest BCUT2D eigenvalue weighted by molar-refractivity contribution is 0.00506. The van der Waals surface area contributed by atoms with E-state index in [4.69, 9.17) is 4.74 Å². The van der Waals surface area contributed by atoms with Crippen LogP contribution in [0.3, 0.4) is 0 Å². The van der Waals surface area contributed by atoms with Crippen LogP contribution in [0.25, 0.3) is 0 Å². The number of piperidine rings is 2. The van der Waals surface area contributed by atoms with E-state index in [1.807, 2.05) is 6.92 Å². The molecule has 2 fully saturated rings. The van der Waals surface area contributed by atoms with Crippen LogP contribution in [-0.2, 0) is 4.74 Å². The summed E-state index contributed by atoms with van der Waals surface area (Å²) >= 11 is 0. The molecule has 0 aliphatic carbocycles. The molecule has 19 heavy (non-hydrogen) atoms. The van der Waals surface area contributed by atoms with Crippen molar-refractivity contribution in [2.45, 2.75) is 51.2 Å². The van der Waals surface area contributed by atoms with Gasteiger partial charge in [0.05, 0.1) is 12.7 Å². The first-order valence-electron chi connectivity index (χ1n) is 8.01. The van der Waals surface area contributed by atoms with Crippen molar-refractivity contribution in [1.82, 2.24) is 9.80 Å². The number of hydrogen-bond donors (Lipinski definition) is 1. The predicted octanol–water partition coefficient (Wildman–Crippen LogP) is 1.33. The Hall–Kier alpha value is -0.160. The first-order valence-corrected chi connectivity index (χ1v) is 8.01. The van der Waals surface area contributed by atoms with E-state index in [-0.39, 0.29) is 6.10 Å². The lowest BCUT2D eigenvalue weighted by Crippen LogP contribution is -2.51. The van der Waals surface area contributed by atoms with Gasteiger partial charge < -0.3 is 9.84 Å². The fourth-order valence-corrected chi connectivity index (χ4v) is 3.38. The summed E-state index contributed by atoms with van der Waals surface area (Å²) in [5, 5.41) is 9.95. The van der Waals surface area contributed by atoms with Crippen LogP contribution in [0.1, 0.15) is 39.0 Å². The Bertz CT molecular complexity index is 244. The highest BCUT2D eigenvalue weighted by Gasteiger charge is 2.27. The number of hydrogen-bond acceptors (Lipinski definition) is 4. The maximum absolute atomic E-state index is 9.95. The lowest BCUT2D eigenvalue weighted by Gasteiger charge is -2.41. The van der Waals surface area contributed by atoms with Gasteiger partial charge in [-0.1, -0.05) is 6.42 Å². The van der Waals surface area contributed by atoms with Crippen molar-refractivity contribution < 1.29 is 9.84 Å². The van der Waals surface area contributed by atoms with Gasteiger partial charge in [0.2, 0.25) is 0 Å². The molecule has 0 aromatic rings. The molecule has 0 unspecified atom stereocenters. The van der Waals surface area contributed by atoms with Crippen molar-refractivity contribution >= 4 is 0 Å². The molecule has 4 heteroatoms. The molecule has 112 valence electrons. The molecule has 0 radical (unpaired) electrons. The van der Waals surface area contributed by atoms with Crippen molar-refractivity contribution in [2.24, 2.45) is 0 Å². The summed E-state index contributed by atoms with van der Waals surface area (Å²) < 4.78 is 5.29. The summed E-state index contributed by atoms with van der Waals surface area (Å²) in [4.78, 5) is 5.09. The molecule has 1 N–H and O–H groups in total. The van der Waals surface area contributed by atoms with Gasteiger partial charge in [-0.2, -0.15) is 0 Å². The van der Waals surface area contributed by atoms with Crippen molar-refractivity contribution in [3.63, 3.8) is 0 Å². The zero-order chi connectivity index (χ0) is 13.5. The molecule has 4 nitrogen and oxygen atoms in total. The summed E-state index contributed by atoms with van der Waals surface area (Å²) in [6.45, 7) is 8.72. The van der Waals surface area contributed by atoms with E-state index < -0.39 is 0 Å². The summed E-state index contributed by atoms with van der Waals surface area (Å²) in [7, 11) is 0. The van der Waals surface area contributed by atoms with Crippen LogP contribution in [0.4, 0.5) is 0 Å².